The monoisotopic (exact) mass is 150 g/mol. The lowest BCUT2D eigenvalue weighted by Crippen LogP contribution is -1.85. The Hall–Kier alpha value is -0.120. The molecule has 0 bridgehead atoms. The summed E-state index contributed by atoms with van der Waals surface area (Å²) in [5.74, 6) is 0. The fourth-order valence-corrected chi connectivity index (χ4v) is 0.289. The predicted octanol–water partition coefficient (Wildman–Crippen LogP) is 0.404. The van der Waals surface area contributed by atoms with Gasteiger partial charge in [-0.3, -0.25) is 0 Å². The van der Waals surface area contributed by atoms with Gasteiger partial charge in [0.15, 0.2) is 0 Å². The predicted molar refractivity (Wildman–Crippen MR) is 41.0 cm³/mol. The zero-order valence-corrected chi connectivity index (χ0v) is 6.84. The van der Waals surface area contributed by atoms with Gasteiger partial charge in [0, 0.05) is 13.7 Å². The molecule has 3 nitrogen and oxygen atoms in total. The van der Waals surface area contributed by atoms with E-state index >= 15 is 0 Å². The van der Waals surface area contributed by atoms with Crippen LogP contribution in [0.5, 0.6) is 0 Å². The molecule has 0 unspecified atom stereocenters. The van der Waals surface area contributed by atoms with Gasteiger partial charge in [-0.2, -0.15) is 0 Å². The van der Waals surface area contributed by atoms with Gasteiger partial charge in [0.1, 0.15) is 0 Å². The Kier molecular flexibility index (Phi) is 20.0. The molecule has 0 amide bonds. The minimum Gasteiger partial charge on any atom is -0.394 e. The molecular weight excluding hydrogens is 132 g/mol. The lowest BCUT2D eigenvalue weighted by molar-refractivity contribution is 0.186. The van der Waals surface area contributed by atoms with E-state index in [2.05, 4.69) is 6.92 Å². The third-order valence-electron chi connectivity index (χ3n) is 0.802. The fraction of sp³-hybridized carbons (Fsp3) is 1.00. The van der Waals surface area contributed by atoms with Crippen LogP contribution in [0.4, 0.5) is 0 Å². The molecule has 0 aliphatic rings. The summed E-state index contributed by atoms with van der Waals surface area (Å²) in [6.07, 6.45) is 2.42. The molecule has 0 aromatic heterocycles. The maximum absolute atomic E-state index is 7.62. The quantitative estimate of drug-likeness (QED) is 0.570. The second-order valence-electron chi connectivity index (χ2n) is 1.79. The van der Waals surface area contributed by atoms with E-state index in [1.165, 1.54) is 12.8 Å². The lowest BCUT2D eigenvalue weighted by Gasteiger charge is -1.89. The van der Waals surface area contributed by atoms with Gasteiger partial charge in [-0.15, -0.1) is 0 Å². The molecule has 0 aliphatic carbocycles. The molecule has 0 aromatic rings. The first-order valence-corrected chi connectivity index (χ1v) is 3.54. The third kappa shape index (κ3) is 24.8. The second-order valence-corrected chi connectivity index (χ2v) is 1.79. The van der Waals surface area contributed by atoms with Crippen LogP contribution in [-0.4, -0.2) is 37.1 Å². The van der Waals surface area contributed by atoms with Gasteiger partial charge in [-0.05, 0) is 6.42 Å². The highest BCUT2D eigenvalue weighted by Gasteiger charge is 1.74. The van der Waals surface area contributed by atoms with E-state index in [0.717, 1.165) is 6.61 Å². The smallest absolute Gasteiger partial charge is 0.0662 e. The van der Waals surface area contributed by atoms with E-state index in [1.54, 1.807) is 7.11 Å². The van der Waals surface area contributed by atoms with E-state index < -0.39 is 0 Å². The number of hydrogen-bond acceptors (Lipinski definition) is 3. The summed E-state index contributed by atoms with van der Waals surface area (Å²) < 4.78 is 4.78. The van der Waals surface area contributed by atoms with Crippen molar-refractivity contribution in [3.8, 4) is 0 Å². The van der Waals surface area contributed by atoms with Crippen LogP contribution in [0.25, 0.3) is 0 Å². The van der Waals surface area contributed by atoms with Crippen molar-refractivity contribution in [2.75, 3.05) is 26.9 Å². The minimum absolute atomic E-state index is 0.125. The summed E-state index contributed by atoms with van der Waals surface area (Å²) in [6, 6.07) is 0. The molecule has 2 N–H and O–H groups in total. The Bertz CT molecular complexity index is 33.8. The average Bonchev–Trinajstić information content (AvgIpc) is 2.01. The topological polar surface area (TPSA) is 49.7 Å². The van der Waals surface area contributed by atoms with Crippen molar-refractivity contribution in [1.29, 1.82) is 0 Å². The van der Waals surface area contributed by atoms with Crippen LogP contribution in [0.2, 0.25) is 0 Å². The molecule has 0 rings (SSSR count). The molecule has 0 fully saturated rings. The molecular formula is C7H18O3. The van der Waals surface area contributed by atoms with Crippen molar-refractivity contribution in [2.24, 2.45) is 0 Å². The summed E-state index contributed by atoms with van der Waals surface area (Å²) in [7, 11) is 1.73. The van der Waals surface area contributed by atoms with Crippen LogP contribution in [0.15, 0.2) is 0 Å². The summed E-state index contributed by atoms with van der Waals surface area (Å²) in [5, 5.41) is 15.2. The first-order valence-electron chi connectivity index (χ1n) is 3.54. The molecule has 0 saturated carbocycles. The SMILES string of the molecule is CCCCOC.OCCO. The van der Waals surface area contributed by atoms with Crippen LogP contribution >= 0.6 is 0 Å². The van der Waals surface area contributed by atoms with Crippen LogP contribution in [0, 0.1) is 0 Å². The summed E-state index contributed by atoms with van der Waals surface area (Å²) in [4.78, 5) is 0. The number of hydrogen-bond donors (Lipinski definition) is 2. The number of rotatable bonds is 4. The first-order chi connectivity index (χ1) is 4.83. The minimum atomic E-state index is -0.125. The molecule has 3 heteroatoms. The van der Waals surface area contributed by atoms with Gasteiger partial charge in [0.2, 0.25) is 0 Å². The highest BCUT2D eigenvalue weighted by atomic mass is 16.5. The van der Waals surface area contributed by atoms with Crippen LogP contribution < -0.4 is 0 Å². The Labute approximate surface area is 62.6 Å². The van der Waals surface area contributed by atoms with E-state index in [9.17, 15) is 0 Å². The fourth-order valence-electron chi connectivity index (χ4n) is 0.289. The van der Waals surface area contributed by atoms with Gasteiger partial charge >= 0.3 is 0 Å². The number of ether oxygens (including phenoxy) is 1. The van der Waals surface area contributed by atoms with Gasteiger partial charge in [-0.1, -0.05) is 13.3 Å². The van der Waals surface area contributed by atoms with Crippen molar-refractivity contribution < 1.29 is 14.9 Å². The zero-order chi connectivity index (χ0) is 8.24. The lowest BCUT2D eigenvalue weighted by atomic mass is 10.4. The maximum Gasteiger partial charge on any atom is 0.0662 e. The van der Waals surface area contributed by atoms with Crippen molar-refractivity contribution in [2.45, 2.75) is 19.8 Å². The normalized spacial score (nSPS) is 8.40. The maximum atomic E-state index is 7.62. The van der Waals surface area contributed by atoms with E-state index in [4.69, 9.17) is 14.9 Å². The van der Waals surface area contributed by atoms with Gasteiger partial charge < -0.3 is 14.9 Å². The Balaban J connectivity index is 0. The highest BCUT2D eigenvalue weighted by Crippen LogP contribution is 1.83. The summed E-state index contributed by atoms with van der Waals surface area (Å²) in [6.45, 7) is 2.82. The molecule has 0 aromatic carbocycles. The molecule has 0 heterocycles. The first kappa shape index (κ1) is 12.5. The molecule has 0 saturated heterocycles. The summed E-state index contributed by atoms with van der Waals surface area (Å²) >= 11 is 0. The molecule has 0 radical (unpaired) electrons. The Morgan fingerprint density at radius 1 is 1.20 bits per heavy atom. The molecule has 10 heavy (non-hydrogen) atoms. The van der Waals surface area contributed by atoms with Crippen LogP contribution in [0.1, 0.15) is 19.8 Å². The molecule has 64 valence electrons. The number of aliphatic hydroxyl groups excluding tert-OH is 2. The highest BCUT2D eigenvalue weighted by molar-refractivity contribution is 4.26. The van der Waals surface area contributed by atoms with Gasteiger partial charge in [0.25, 0.3) is 0 Å². The van der Waals surface area contributed by atoms with E-state index in [-0.39, 0.29) is 13.2 Å². The van der Waals surface area contributed by atoms with E-state index in [1.807, 2.05) is 0 Å². The van der Waals surface area contributed by atoms with Crippen molar-refractivity contribution in [3.05, 3.63) is 0 Å². The van der Waals surface area contributed by atoms with Crippen molar-refractivity contribution in [3.63, 3.8) is 0 Å². The standard InChI is InChI=1S/C5H12O.C2H6O2/c1-3-4-5-6-2;3-1-2-4/h3-5H2,1-2H3;3-4H,1-2H2. The molecule has 0 aliphatic heterocycles. The second kappa shape index (κ2) is 15.9. The average molecular weight is 150 g/mol. The van der Waals surface area contributed by atoms with Crippen LogP contribution in [0.3, 0.4) is 0 Å². The largest absolute Gasteiger partial charge is 0.394 e. The summed E-state index contributed by atoms with van der Waals surface area (Å²) in [5.41, 5.74) is 0. The Morgan fingerprint density at radius 2 is 1.70 bits per heavy atom. The van der Waals surface area contributed by atoms with Crippen molar-refractivity contribution >= 4 is 0 Å². The molecule has 0 atom stereocenters. The van der Waals surface area contributed by atoms with Crippen LogP contribution in [-0.2, 0) is 4.74 Å². The zero-order valence-electron chi connectivity index (χ0n) is 6.84. The van der Waals surface area contributed by atoms with Gasteiger partial charge in [-0.25, -0.2) is 0 Å². The van der Waals surface area contributed by atoms with Crippen molar-refractivity contribution in [1.82, 2.24) is 0 Å². The molecule has 0 spiro atoms. The number of methoxy groups -OCH3 is 1. The Morgan fingerprint density at radius 3 is 1.80 bits per heavy atom. The van der Waals surface area contributed by atoms with E-state index in [0.29, 0.717) is 0 Å². The third-order valence-corrected chi connectivity index (χ3v) is 0.802. The van der Waals surface area contributed by atoms with Gasteiger partial charge in [0.05, 0.1) is 13.2 Å². The number of unbranched alkanes of at least 4 members (excludes halogenated alkanes) is 1. The number of aliphatic hydroxyl groups is 2.